The van der Waals surface area contributed by atoms with Crippen molar-refractivity contribution < 1.29 is 17.5 Å². The first-order chi connectivity index (χ1) is 7.93. The average Bonchev–Trinajstić information content (AvgIpc) is 2.24. The summed E-state index contributed by atoms with van der Waals surface area (Å²) in [5.41, 5.74) is 1.49. The van der Waals surface area contributed by atoms with Crippen LogP contribution in [0.4, 0.5) is 0 Å². The Morgan fingerprint density at radius 2 is 1.53 bits per heavy atom. The maximum atomic E-state index is 8.74. The van der Waals surface area contributed by atoms with Crippen LogP contribution in [0.25, 0.3) is 0 Å². The SMILES string of the molecule is O=S(=O)(O)O.[Na][CH2]CCCCc1ccccc1. The Kier molecular flexibility index (Phi) is 10.1. The van der Waals surface area contributed by atoms with Gasteiger partial charge in [0.1, 0.15) is 0 Å². The van der Waals surface area contributed by atoms with Crippen LogP contribution in [0.5, 0.6) is 0 Å². The minimum atomic E-state index is -4.67. The molecule has 0 aliphatic rings. The van der Waals surface area contributed by atoms with Gasteiger partial charge in [0, 0.05) is 0 Å². The molecular weight excluding hydrogens is 251 g/mol. The summed E-state index contributed by atoms with van der Waals surface area (Å²) in [6.45, 7) is 0. The van der Waals surface area contributed by atoms with Gasteiger partial charge in [0.15, 0.2) is 0 Å². The van der Waals surface area contributed by atoms with Crippen molar-refractivity contribution in [2.45, 2.75) is 29.4 Å². The van der Waals surface area contributed by atoms with Gasteiger partial charge in [-0.1, -0.05) is 0 Å². The fourth-order valence-electron chi connectivity index (χ4n) is 1.40. The summed E-state index contributed by atoms with van der Waals surface area (Å²) in [4.78, 5) is 0. The van der Waals surface area contributed by atoms with E-state index >= 15 is 0 Å². The molecule has 1 rings (SSSR count). The Morgan fingerprint density at radius 3 is 2.00 bits per heavy atom. The zero-order valence-corrected chi connectivity index (χ0v) is 12.9. The van der Waals surface area contributed by atoms with Crippen molar-refractivity contribution >= 4 is 38.3 Å². The number of aryl methyl sites for hydroxylation is 1. The molecule has 6 heteroatoms. The van der Waals surface area contributed by atoms with Crippen molar-refractivity contribution in [3.63, 3.8) is 0 Å². The van der Waals surface area contributed by atoms with E-state index in [1.165, 1.54) is 62.8 Å². The molecule has 0 aromatic heterocycles. The van der Waals surface area contributed by atoms with Crippen LogP contribution < -0.4 is 0 Å². The standard InChI is InChI=1S/C11H15.Na.H2O4S/c1-2-3-5-8-11-9-6-4-7-10-11;;1-5(2,3)4/h4,6-7,9-10H,1-3,5,8H2;;(H2,1,2,3,4). The number of hydrogen-bond acceptors (Lipinski definition) is 2. The molecule has 0 aliphatic carbocycles. The van der Waals surface area contributed by atoms with Gasteiger partial charge in [0.05, 0.1) is 0 Å². The fourth-order valence-corrected chi connectivity index (χ4v) is 1.90. The molecular formula is C11H17NaO4S. The van der Waals surface area contributed by atoms with Crippen molar-refractivity contribution in [2.24, 2.45) is 0 Å². The molecule has 0 saturated heterocycles. The molecule has 1 aromatic carbocycles. The molecule has 0 aliphatic heterocycles. The van der Waals surface area contributed by atoms with Gasteiger partial charge in [0.25, 0.3) is 0 Å². The molecule has 0 amide bonds. The molecule has 17 heavy (non-hydrogen) atoms. The van der Waals surface area contributed by atoms with Crippen molar-refractivity contribution in [1.29, 1.82) is 0 Å². The van der Waals surface area contributed by atoms with E-state index in [2.05, 4.69) is 30.3 Å². The van der Waals surface area contributed by atoms with Gasteiger partial charge in [-0.25, -0.2) is 0 Å². The van der Waals surface area contributed by atoms with E-state index in [4.69, 9.17) is 17.5 Å². The summed E-state index contributed by atoms with van der Waals surface area (Å²) >= 11 is 1.38. The molecule has 0 bridgehead atoms. The van der Waals surface area contributed by atoms with Crippen molar-refractivity contribution in [1.82, 2.24) is 0 Å². The Hall–Kier alpha value is 0.0900. The minimum absolute atomic E-state index is 1.27. The summed E-state index contributed by atoms with van der Waals surface area (Å²) in [7, 11) is -4.67. The summed E-state index contributed by atoms with van der Waals surface area (Å²) in [6, 6.07) is 10.8. The second-order valence-corrected chi connectivity index (χ2v) is 5.64. The quantitative estimate of drug-likeness (QED) is 0.488. The van der Waals surface area contributed by atoms with E-state index in [1.807, 2.05) is 0 Å². The van der Waals surface area contributed by atoms with Crippen LogP contribution in [0, 0.1) is 0 Å². The molecule has 0 heterocycles. The van der Waals surface area contributed by atoms with Gasteiger partial charge in [0.2, 0.25) is 0 Å². The van der Waals surface area contributed by atoms with Crippen molar-refractivity contribution in [3.8, 4) is 0 Å². The van der Waals surface area contributed by atoms with Crippen molar-refractivity contribution in [2.75, 3.05) is 0 Å². The third-order valence-electron chi connectivity index (χ3n) is 2.16. The van der Waals surface area contributed by atoms with E-state index in [9.17, 15) is 0 Å². The third-order valence-corrected chi connectivity index (χ3v) is 2.87. The van der Waals surface area contributed by atoms with E-state index in [-0.39, 0.29) is 0 Å². The molecule has 2 N–H and O–H groups in total. The zero-order valence-electron chi connectivity index (χ0n) is 10.0. The van der Waals surface area contributed by atoms with Crippen LogP contribution in [0.15, 0.2) is 30.3 Å². The maximum absolute atomic E-state index is 8.74. The molecule has 1 aromatic rings. The topological polar surface area (TPSA) is 74.6 Å². The summed E-state index contributed by atoms with van der Waals surface area (Å²) in [5.74, 6) is 0. The van der Waals surface area contributed by atoms with E-state index in [0.717, 1.165) is 0 Å². The molecule has 4 nitrogen and oxygen atoms in total. The van der Waals surface area contributed by atoms with Gasteiger partial charge in [-0.05, 0) is 0 Å². The van der Waals surface area contributed by atoms with Crippen LogP contribution in [0.2, 0.25) is 3.67 Å². The summed E-state index contributed by atoms with van der Waals surface area (Å²) < 4.78 is 33.1. The first kappa shape index (κ1) is 17.1. The second kappa shape index (κ2) is 10.1. The molecule has 92 valence electrons. The Labute approximate surface area is 120 Å². The van der Waals surface area contributed by atoms with Crippen LogP contribution >= 0.6 is 0 Å². The van der Waals surface area contributed by atoms with E-state index in [0.29, 0.717) is 0 Å². The average molecular weight is 268 g/mol. The molecule has 0 saturated carbocycles. The number of unbranched alkanes of at least 4 members (excludes halogenated alkanes) is 2. The van der Waals surface area contributed by atoms with Gasteiger partial charge >= 0.3 is 104 Å². The predicted octanol–water partition coefficient (Wildman–Crippen LogP) is 2.33. The number of rotatable bonds is 5. The third kappa shape index (κ3) is 16.1. The van der Waals surface area contributed by atoms with E-state index < -0.39 is 10.4 Å². The fraction of sp³-hybridized carbons (Fsp3) is 0.455. The number of benzene rings is 1. The molecule has 0 atom stereocenters. The Balaban J connectivity index is 0.000000437. The Morgan fingerprint density at radius 1 is 1.00 bits per heavy atom. The molecule has 0 radical (unpaired) electrons. The van der Waals surface area contributed by atoms with E-state index in [1.54, 1.807) is 0 Å². The summed E-state index contributed by atoms with van der Waals surface area (Å²) in [5, 5.41) is 0. The second-order valence-electron chi connectivity index (χ2n) is 3.74. The first-order valence-electron chi connectivity index (χ1n) is 5.67. The van der Waals surface area contributed by atoms with Crippen LogP contribution in [0.1, 0.15) is 24.8 Å². The van der Waals surface area contributed by atoms with Crippen molar-refractivity contribution in [3.05, 3.63) is 35.9 Å². The summed E-state index contributed by atoms with van der Waals surface area (Å²) in [6.07, 6.45) is 5.49. The molecule has 0 fully saturated rings. The first-order valence-corrected chi connectivity index (χ1v) is 8.48. The normalized spacial score (nSPS) is 10.6. The monoisotopic (exact) mass is 268 g/mol. The Bertz CT molecular complexity index is 370. The zero-order chi connectivity index (χ0) is 13.1. The van der Waals surface area contributed by atoms with Gasteiger partial charge in [-0.3, -0.25) is 9.11 Å². The van der Waals surface area contributed by atoms with Crippen LogP contribution in [-0.2, 0) is 16.8 Å². The predicted molar refractivity (Wildman–Crippen MR) is 68.7 cm³/mol. The van der Waals surface area contributed by atoms with Gasteiger partial charge in [-0.15, -0.1) is 0 Å². The molecule has 0 unspecified atom stereocenters. The molecule has 0 spiro atoms. The van der Waals surface area contributed by atoms with Crippen LogP contribution in [0.3, 0.4) is 0 Å². The number of hydrogen-bond donors (Lipinski definition) is 2. The van der Waals surface area contributed by atoms with Crippen LogP contribution in [-0.4, -0.2) is 45.5 Å². The van der Waals surface area contributed by atoms with Gasteiger partial charge in [-0.2, -0.15) is 8.42 Å². The van der Waals surface area contributed by atoms with Gasteiger partial charge < -0.3 is 0 Å².